The van der Waals surface area contributed by atoms with Crippen molar-refractivity contribution in [1.29, 1.82) is 0 Å². The van der Waals surface area contributed by atoms with Crippen LogP contribution in [0.2, 0.25) is 0 Å². The normalized spacial score (nSPS) is 13.7. The highest BCUT2D eigenvalue weighted by molar-refractivity contribution is 5.73. The Balaban J connectivity index is 0. The number of halogens is 1. The molecular weight excluding hydrogens is 169 g/mol. The topological polar surface area (TPSA) is 101 Å². The molecule has 0 unspecified atom stereocenters. The van der Waals surface area contributed by atoms with Crippen LogP contribution in [0, 0.1) is 0 Å². The van der Waals surface area contributed by atoms with Crippen molar-refractivity contribution in [2.45, 2.75) is 19.1 Å². The van der Waals surface area contributed by atoms with Crippen LogP contribution in [-0.2, 0) is 9.59 Å². The van der Waals surface area contributed by atoms with Crippen LogP contribution in [0.5, 0.6) is 0 Å². The van der Waals surface area contributed by atoms with Gasteiger partial charge in [-0.15, -0.1) is 0 Å². The Labute approximate surface area is 69.0 Å². The van der Waals surface area contributed by atoms with Gasteiger partial charge in [0.2, 0.25) is 0 Å². The van der Waals surface area contributed by atoms with Crippen LogP contribution in [-0.4, -0.2) is 41.3 Å². The first-order valence-electron chi connectivity index (χ1n) is 3.13. The lowest BCUT2D eigenvalue weighted by Gasteiger charge is -2.06. The maximum atomic E-state index is 10.4. The molecule has 0 aromatic heterocycles. The Morgan fingerprint density at radius 1 is 1.75 bits per heavy atom. The van der Waals surface area contributed by atoms with Gasteiger partial charge in [-0.05, 0) is 6.92 Å². The van der Waals surface area contributed by atoms with Crippen molar-refractivity contribution in [2.24, 2.45) is 5.73 Å². The number of rotatable bonds is 3. The van der Waals surface area contributed by atoms with Crippen molar-refractivity contribution in [3.63, 3.8) is 0 Å². The van der Waals surface area contributed by atoms with Crippen LogP contribution in [0.4, 0.5) is 4.39 Å². The molecule has 0 aromatic rings. The number of aliphatic hydroxyl groups is 1. The van der Waals surface area contributed by atoms with Gasteiger partial charge in [-0.25, -0.2) is 4.39 Å². The number of carboxylic acid groups (broad SMARTS) is 1. The first-order chi connectivity index (χ1) is 5.47. The Bertz CT molecular complexity index is 140. The van der Waals surface area contributed by atoms with Crippen LogP contribution in [0.25, 0.3) is 0 Å². The summed E-state index contributed by atoms with van der Waals surface area (Å²) >= 11 is 0. The maximum absolute atomic E-state index is 10.4. The van der Waals surface area contributed by atoms with Gasteiger partial charge in [0.25, 0.3) is 0 Å². The zero-order chi connectivity index (χ0) is 10.1. The molecule has 72 valence electrons. The third-order valence-electron chi connectivity index (χ3n) is 0.868. The molecule has 0 heterocycles. The molecule has 0 fully saturated rings. The lowest BCUT2D eigenvalue weighted by Crippen LogP contribution is -2.39. The minimum atomic E-state index is -1.18. The van der Waals surface area contributed by atoms with Crippen LogP contribution in [0.3, 0.4) is 0 Å². The molecule has 0 aliphatic rings. The van der Waals surface area contributed by atoms with Gasteiger partial charge >= 0.3 is 5.97 Å². The molecule has 0 aromatic carbocycles. The Kier molecular flexibility index (Phi) is 9.15. The number of hydrogen-bond acceptors (Lipinski definition) is 4. The van der Waals surface area contributed by atoms with Crippen molar-refractivity contribution in [2.75, 3.05) is 6.67 Å². The fourth-order valence-corrected chi connectivity index (χ4v) is 0.206. The van der Waals surface area contributed by atoms with Gasteiger partial charge in [-0.1, -0.05) is 0 Å². The zero-order valence-electron chi connectivity index (χ0n) is 6.61. The lowest BCUT2D eigenvalue weighted by atomic mass is 10.2. The molecule has 0 spiro atoms. The number of aliphatic carboxylic acids is 1. The van der Waals surface area contributed by atoms with E-state index in [1.165, 1.54) is 6.92 Å². The van der Waals surface area contributed by atoms with E-state index in [0.717, 1.165) is 0 Å². The van der Waals surface area contributed by atoms with E-state index in [9.17, 15) is 9.18 Å². The zero-order valence-corrected chi connectivity index (χ0v) is 6.61. The summed E-state index contributed by atoms with van der Waals surface area (Å²) in [6.07, 6.45) is -0.771. The van der Waals surface area contributed by atoms with Crippen molar-refractivity contribution in [3.8, 4) is 0 Å². The van der Waals surface area contributed by atoms with E-state index in [1.54, 1.807) is 0 Å². The van der Waals surface area contributed by atoms with Crippen molar-refractivity contribution in [3.05, 3.63) is 0 Å². The molecule has 0 amide bonds. The van der Waals surface area contributed by atoms with Crippen LogP contribution >= 0.6 is 0 Å². The average Bonchev–Trinajstić information content (AvgIpc) is 2.03. The molecule has 0 saturated carbocycles. The third-order valence-corrected chi connectivity index (χ3v) is 0.868. The lowest BCUT2D eigenvalue weighted by molar-refractivity contribution is -0.140. The van der Waals surface area contributed by atoms with E-state index < -0.39 is 24.8 Å². The molecule has 6 heteroatoms. The maximum Gasteiger partial charge on any atom is 0.323 e. The molecule has 12 heavy (non-hydrogen) atoms. The number of carboxylic acids is 1. The smallest absolute Gasteiger partial charge is 0.323 e. The molecule has 0 aliphatic carbocycles. The Morgan fingerprint density at radius 2 is 2.08 bits per heavy atom. The van der Waals surface area contributed by atoms with E-state index >= 15 is 0 Å². The second-order valence-electron chi connectivity index (χ2n) is 1.93. The monoisotopic (exact) mass is 181 g/mol. The fraction of sp³-hybridized carbons (Fsp3) is 0.667. The Hall–Kier alpha value is -1.01. The highest BCUT2D eigenvalue weighted by Crippen LogP contribution is 1.85. The number of carbonyl (C=O) groups is 2. The Morgan fingerprint density at radius 3 is 2.08 bits per heavy atom. The first kappa shape index (κ1) is 13.6. The SMILES string of the molecule is C[C@@H](O)[C@H](N)C(=O)O.O=CCF. The van der Waals surface area contributed by atoms with Gasteiger partial charge in [0.1, 0.15) is 12.7 Å². The molecular formula is C6H12FNO4. The molecule has 0 radical (unpaired) electrons. The molecule has 0 aliphatic heterocycles. The summed E-state index contributed by atoms with van der Waals surface area (Å²) in [4.78, 5) is 18.7. The summed E-state index contributed by atoms with van der Waals surface area (Å²) in [5.74, 6) is -1.18. The first-order valence-corrected chi connectivity index (χ1v) is 3.13. The van der Waals surface area contributed by atoms with Crippen molar-refractivity contribution >= 4 is 12.3 Å². The highest BCUT2D eigenvalue weighted by Gasteiger charge is 2.16. The highest BCUT2D eigenvalue weighted by atomic mass is 19.1. The number of nitrogens with two attached hydrogens (primary N) is 1. The van der Waals surface area contributed by atoms with Gasteiger partial charge in [-0.2, -0.15) is 0 Å². The average molecular weight is 181 g/mol. The second-order valence-corrected chi connectivity index (χ2v) is 1.93. The van der Waals surface area contributed by atoms with Gasteiger partial charge < -0.3 is 20.7 Å². The summed E-state index contributed by atoms with van der Waals surface area (Å²) in [6, 6.07) is -1.16. The summed E-state index contributed by atoms with van der Waals surface area (Å²) in [5.41, 5.74) is 4.91. The van der Waals surface area contributed by atoms with E-state index in [-0.39, 0.29) is 6.29 Å². The minimum Gasteiger partial charge on any atom is -0.480 e. The summed E-state index contributed by atoms with van der Waals surface area (Å²) in [7, 11) is 0. The summed E-state index contributed by atoms with van der Waals surface area (Å²) in [6.45, 7) is 0.471. The predicted molar refractivity (Wildman–Crippen MR) is 39.3 cm³/mol. The number of hydrogen-bond donors (Lipinski definition) is 3. The fourth-order valence-electron chi connectivity index (χ4n) is 0.206. The van der Waals surface area contributed by atoms with Gasteiger partial charge in [-0.3, -0.25) is 4.79 Å². The van der Waals surface area contributed by atoms with E-state index in [1.807, 2.05) is 0 Å². The van der Waals surface area contributed by atoms with Crippen LogP contribution < -0.4 is 5.73 Å². The molecule has 5 nitrogen and oxygen atoms in total. The van der Waals surface area contributed by atoms with Crippen molar-refractivity contribution < 1.29 is 24.2 Å². The standard InChI is InChI=1S/C4H9NO3.C2H3FO/c1-2(6)3(5)4(7)8;3-1-2-4/h2-3,6H,5H2,1H3,(H,7,8);2H,1H2/t2-,3+;/m1./s1. The number of aldehydes is 1. The van der Waals surface area contributed by atoms with Gasteiger partial charge in [0, 0.05) is 0 Å². The minimum absolute atomic E-state index is 0.208. The molecule has 0 bridgehead atoms. The summed E-state index contributed by atoms with van der Waals surface area (Å²) < 4.78 is 10.4. The van der Waals surface area contributed by atoms with Gasteiger partial charge in [0.15, 0.2) is 6.29 Å². The van der Waals surface area contributed by atoms with Crippen LogP contribution in [0.1, 0.15) is 6.92 Å². The van der Waals surface area contributed by atoms with E-state index in [0.29, 0.717) is 0 Å². The number of carbonyl (C=O) groups excluding carboxylic acids is 1. The van der Waals surface area contributed by atoms with Gasteiger partial charge in [0.05, 0.1) is 6.10 Å². The molecule has 2 atom stereocenters. The largest absolute Gasteiger partial charge is 0.480 e. The predicted octanol–water partition coefficient (Wildman–Crippen LogP) is -1.07. The quantitative estimate of drug-likeness (QED) is 0.481. The molecule has 0 rings (SSSR count). The third kappa shape index (κ3) is 8.99. The van der Waals surface area contributed by atoms with Crippen molar-refractivity contribution in [1.82, 2.24) is 0 Å². The van der Waals surface area contributed by atoms with E-state index in [4.69, 9.17) is 20.7 Å². The summed E-state index contributed by atoms with van der Waals surface area (Å²) in [5, 5.41) is 16.6. The molecule has 0 saturated heterocycles. The van der Waals surface area contributed by atoms with Crippen LogP contribution in [0.15, 0.2) is 0 Å². The second kappa shape index (κ2) is 8.09. The van der Waals surface area contributed by atoms with E-state index in [2.05, 4.69) is 0 Å². The number of aliphatic hydroxyl groups excluding tert-OH is 1. The molecule has 4 N–H and O–H groups in total. The number of alkyl halides is 1.